The van der Waals surface area contributed by atoms with Crippen LogP contribution in [0.25, 0.3) is 0 Å². The van der Waals surface area contributed by atoms with Crippen LogP contribution < -0.4 is 21.3 Å². The van der Waals surface area contributed by atoms with E-state index in [1.165, 1.54) is 19.3 Å². The minimum absolute atomic E-state index is 0. The smallest absolute Gasteiger partial charge is 0.315 e. The molecule has 0 spiro atoms. The Hall–Kier alpha value is -1.79. The Morgan fingerprint density at radius 1 is 1.03 bits per heavy atom. The predicted octanol–water partition coefficient (Wildman–Crippen LogP) is 3.81. The highest BCUT2D eigenvalue weighted by Gasteiger charge is 2.51. The van der Waals surface area contributed by atoms with Crippen LogP contribution in [-0.4, -0.2) is 30.6 Å². The van der Waals surface area contributed by atoms with Gasteiger partial charge in [-0.15, -0.1) is 12.4 Å². The van der Waals surface area contributed by atoms with Crippen LogP contribution >= 0.6 is 12.4 Å². The minimum atomic E-state index is -0.118. The normalized spacial score (nSPS) is 28.5. The molecule has 5 rings (SSSR count). The Bertz CT molecular complexity index is 719. The number of carbonyl (C=O) groups is 2. The SMILES string of the molecule is CCNCc1ccccc1NC(=O)CCNC(=O)NC12CC3CC(CC(C3)C1)C2.Cl. The molecular formula is C23H35ClN4O2. The van der Waals surface area contributed by atoms with Crippen molar-refractivity contribution in [3.8, 4) is 0 Å². The van der Waals surface area contributed by atoms with Crippen molar-refractivity contribution in [3.05, 3.63) is 29.8 Å². The van der Waals surface area contributed by atoms with Crippen LogP contribution in [0.15, 0.2) is 24.3 Å². The summed E-state index contributed by atoms with van der Waals surface area (Å²) in [6.07, 6.45) is 7.75. The number of nitrogens with one attached hydrogen (secondary N) is 4. The van der Waals surface area contributed by atoms with Gasteiger partial charge in [0.15, 0.2) is 0 Å². The minimum Gasteiger partial charge on any atom is -0.338 e. The van der Waals surface area contributed by atoms with Gasteiger partial charge >= 0.3 is 6.03 Å². The summed E-state index contributed by atoms with van der Waals surface area (Å²) in [5.74, 6) is 2.32. The molecule has 0 heterocycles. The number of benzene rings is 1. The van der Waals surface area contributed by atoms with Gasteiger partial charge in [-0.2, -0.15) is 0 Å². The zero-order chi connectivity index (χ0) is 20.3. The highest BCUT2D eigenvalue weighted by atomic mass is 35.5. The highest BCUT2D eigenvalue weighted by Crippen LogP contribution is 2.55. The molecule has 4 N–H and O–H groups in total. The van der Waals surface area contributed by atoms with Gasteiger partial charge in [-0.3, -0.25) is 4.79 Å². The molecule has 0 aromatic heterocycles. The van der Waals surface area contributed by atoms with Crippen LogP contribution in [0.2, 0.25) is 0 Å². The molecule has 166 valence electrons. The van der Waals surface area contributed by atoms with Gasteiger partial charge in [0, 0.05) is 30.7 Å². The van der Waals surface area contributed by atoms with Crippen LogP contribution in [0.4, 0.5) is 10.5 Å². The molecular weight excluding hydrogens is 400 g/mol. The fourth-order valence-corrected chi connectivity index (χ4v) is 6.11. The van der Waals surface area contributed by atoms with Crippen molar-refractivity contribution in [2.24, 2.45) is 17.8 Å². The maximum Gasteiger partial charge on any atom is 0.315 e. The van der Waals surface area contributed by atoms with Crippen molar-refractivity contribution in [1.82, 2.24) is 16.0 Å². The second-order valence-electron chi connectivity index (χ2n) is 9.31. The molecule has 0 radical (unpaired) electrons. The summed E-state index contributed by atoms with van der Waals surface area (Å²) in [5.41, 5.74) is 1.90. The lowest BCUT2D eigenvalue weighted by Gasteiger charge is -2.56. The Balaban J connectivity index is 0.00000256. The Kier molecular flexibility index (Phi) is 7.64. The number of para-hydroxylation sites is 1. The van der Waals surface area contributed by atoms with Gasteiger partial charge in [-0.1, -0.05) is 25.1 Å². The van der Waals surface area contributed by atoms with Crippen molar-refractivity contribution in [1.29, 1.82) is 0 Å². The molecule has 4 fully saturated rings. The lowest BCUT2D eigenvalue weighted by Crippen LogP contribution is -2.61. The largest absolute Gasteiger partial charge is 0.338 e. The fourth-order valence-electron chi connectivity index (χ4n) is 6.11. The molecule has 4 aliphatic rings. The van der Waals surface area contributed by atoms with Crippen LogP contribution in [-0.2, 0) is 11.3 Å². The maximum absolute atomic E-state index is 12.5. The van der Waals surface area contributed by atoms with Crippen LogP contribution in [0.5, 0.6) is 0 Å². The topological polar surface area (TPSA) is 82.3 Å². The van der Waals surface area contributed by atoms with Crippen LogP contribution in [0.1, 0.15) is 57.4 Å². The van der Waals surface area contributed by atoms with Gasteiger partial charge in [0.1, 0.15) is 0 Å². The van der Waals surface area contributed by atoms with Crippen molar-refractivity contribution < 1.29 is 9.59 Å². The molecule has 7 heteroatoms. The number of anilines is 1. The molecule has 4 saturated carbocycles. The lowest BCUT2D eigenvalue weighted by atomic mass is 9.53. The Morgan fingerprint density at radius 2 is 1.67 bits per heavy atom. The third-order valence-electron chi connectivity index (χ3n) is 6.91. The van der Waals surface area contributed by atoms with E-state index in [-0.39, 0.29) is 36.3 Å². The molecule has 6 nitrogen and oxygen atoms in total. The van der Waals surface area contributed by atoms with Crippen molar-refractivity contribution >= 4 is 30.0 Å². The molecule has 0 atom stereocenters. The summed E-state index contributed by atoms with van der Waals surface area (Å²) in [6.45, 7) is 4.00. The summed E-state index contributed by atoms with van der Waals surface area (Å²) in [4.78, 5) is 24.8. The van der Waals surface area contributed by atoms with Crippen molar-refractivity contribution in [2.45, 2.75) is 64.0 Å². The molecule has 30 heavy (non-hydrogen) atoms. The molecule has 0 aliphatic heterocycles. The Labute approximate surface area is 185 Å². The van der Waals surface area contributed by atoms with E-state index in [9.17, 15) is 9.59 Å². The number of rotatable bonds is 8. The Morgan fingerprint density at radius 3 is 2.30 bits per heavy atom. The van der Waals surface area contributed by atoms with Crippen LogP contribution in [0, 0.1) is 17.8 Å². The highest BCUT2D eigenvalue weighted by molar-refractivity contribution is 5.91. The average Bonchev–Trinajstić information content (AvgIpc) is 2.65. The van der Waals surface area contributed by atoms with Crippen LogP contribution in [0.3, 0.4) is 0 Å². The van der Waals surface area contributed by atoms with E-state index in [0.29, 0.717) is 6.54 Å². The molecule has 4 aliphatic carbocycles. The lowest BCUT2D eigenvalue weighted by molar-refractivity contribution is -0.116. The first-order valence-corrected chi connectivity index (χ1v) is 11.2. The van der Waals surface area contributed by atoms with E-state index in [1.54, 1.807) is 0 Å². The number of halogens is 1. The number of carbonyl (C=O) groups excluding carboxylic acids is 2. The van der Waals surface area contributed by atoms with Gasteiger partial charge in [0.25, 0.3) is 0 Å². The molecule has 0 unspecified atom stereocenters. The molecule has 4 bridgehead atoms. The zero-order valence-electron chi connectivity index (χ0n) is 17.8. The van der Waals surface area contributed by atoms with E-state index < -0.39 is 0 Å². The predicted molar refractivity (Wildman–Crippen MR) is 122 cm³/mol. The number of urea groups is 1. The maximum atomic E-state index is 12.5. The van der Waals surface area contributed by atoms with Crippen molar-refractivity contribution in [2.75, 3.05) is 18.4 Å². The standard InChI is InChI=1S/C23H34N4O2.ClH/c1-2-24-15-19-5-3-4-6-20(19)26-21(28)7-8-25-22(29)27-23-12-16-9-17(13-23)11-18(10-16)14-23;/h3-6,16-18,24H,2,7-15H2,1H3,(H,26,28)(H2,25,27,29);1H. The first-order valence-electron chi connectivity index (χ1n) is 11.2. The first-order chi connectivity index (χ1) is 14.0. The molecule has 3 amide bonds. The second kappa shape index (κ2) is 10.0. The molecule has 1 aromatic rings. The van der Waals surface area contributed by atoms with Gasteiger partial charge in [0.05, 0.1) is 0 Å². The van der Waals surface area contributed by atoms with E-state index >= 15 is 0 Å². The summed E-state index contributed by atoms with van der Waals surface area (Å²) < 4.78 is 0. The van der Waals surface area contributed by atoms with Crippen molar-refractivity contribution in [3.63, 3.8) is 0 Å². The first kappa shape index (κ1) is 22.9. The van der Waals surface area contributed by atoms with E-state index in [1.807, 2.05) is 24.3 Å². The molecule has 0 saturated heterocycles. The monoisotopic (exact) mass is 434 g/mol. The number of amides is 3. The third-order valence-corrected chi connectivity index (χ3v) is 6.91. The fraction of sp³-hybridized carbons (Fsp3) is 0.652. The van der Waals surface area contributed by atoms with E-state index in [0.717, 1.165) is 61.4 Å². The summed E-state index contributed by atoms with van der Waals surface area (Å²) >= 11 is 0. The summed E-state index contributed by atoms with van der Waals surface area (Å²) in [5, 5.41) is 12.4. The zero-order valence-corrected chi connectivity index (χ0v) is 18.7. The van der Waals surface area contributed by atoms with Gasteiger partial charge in [0.2, 0.25) is 5.91 Å². The van der Waals surface area contributed by atoms with Gasteiger partial charge in [-0.05, 0) is 74.5 Å². The number of hydrogen-bond donors (Lipinski definition) is 4. The van der Waals surface area contributed by atoms with Gasteiger partial charge in [-0.25, -0.2) is 4.79 Å². The average molecular weight is 435 g/mol. The summed E-state index contributed by atoms with van der Waals surface area (Å²) in [6, 6.07) is 7.70. The second-order valence-corrected chi connectivity index (χ2v) is 9.31. The van der Waals surface area contributed by atoms with Gasteiger partial charge < -0.3 is 21.3 Å². The third kappa shape index (κ3) is 5.46. The van der Waals surface area contributed by atoms with E-state index in [4.69, 9.17) is 0 Å². The molecule has 1 aromatic carbocycles. The number of hydrogen-bond acceptors (Lipinski definition) is 3. The van der Waals surface area contributed by atoms with E-state index in [2.05, 4.69) is 28.2 Å². The quantitative estimate of drug-likeness (QED) is 0.502. The summed E-state index contributed by atoms with van der Waals surface area (Å²) in [7, 11) is 0.